The van der Waals surface area contributed by atoms with Crippen LogP contribution in [-0.4, -0.2) is 29.1 Å². The molecule has 0 atom stereocenters. The van der Waals surface area contributed by atoms with Crippen LogP contribution in [0.2, 0.25) is 0 Å². The zero-order valence-electron chi connectivity index (χ0n) is 8.28. The number of nitrogens with zero attached hydrogens (tertiary/aromatic N) is 1. The Bertz CT molecular complexity index is 553. The Kier molecular flexibility index (Phi) is 2.39. The summed E-state index contributed by atoms with van der Waals surface area (Å²) < 4.78 is 1.14. The Morgan fingerprint density at radius 3 is 2.93 bits per heavy atom. The van der Waals surface area contributed by atoms with Crippen LogP contribution in [0.1, 0.15) is 4.79 Å². The molecule has 2 rings (SSSR count). The summed E-state index contributed by atoms with van der Waals surface area (Å²) in [6.07, 6.45) is 0. The van der Waals surface area contributed by atoms with Crippen molar-refractivity contribution in [2.24, 2.45) is 0 Å². The minimum absolute atomic E-state index is 0.141. The molecule has 0 radical (unpaired) electrons. The van der Waals surface area contributed by atoms with E-state index in [0.717, 1.165) is 4.57 Å². The number of nitrogens with one attached hydrogen (secondary N) is 2. The van der Waals surface area contributed by atoms with Crippen LogP contribution in [-0.2, 0) is 0 Å². The number of fused-ring (bicyclic) bond motifs is 1. The highest BCUT2D eigenvalue weighted by molar-refractivity contribution is 5.91. The molecule has 0 fully saturated rings. The summed E-state index contributed by atoms with van der Waals surface area (Å²) in [6, 6.07) is 7.10. The van der Waals surface area contributed by atoms with Crippen LogP contribution in [0.4, 0.5) is 0 Å². The molecule has 15 heavy (non-hydrogen) atoms. The topological polar surface area (TPSA) is 66.9 Å². The Labute approximate surface area is 85.7 Å². The molecule has 2 N–H and O–H groups in total. The number of benzene rings is 1. The first-order valence-corrected chi connectivity index (χ1v) is 4.61. The van der Waals surface area contributed by atoms with E-state index in [1.165, 1.54) is 0 Å². The summed E-state index contributed by atoms with van der Waals surface area (Å²) in [7, 11) is 1.66. The van der Waals surface area contributed by atoms with Crippen LogP contribution in [0, 0.1) is 0 Å². The first kappa shape index (κ1) is 9.67. The first-order chi connectivity index (χ1) is 7.24. The van der Waals surface area contributed by atoms with Gasteiger partial charge in [0.25, 0.3) is 0 Å². The van der Waals surface area contributed by atoms with Crippen molar-refractivity contribution in [1.82, 2.24) is 14.9 Å². The van der Waals surface area contributed by atoms with Gasteiger partial charge in [-0.05, 0) is 19.2 Å². The number of imidazole rings is 1. The van der Waals surface area contributed by atoms with Crippen molar-refractivity contribution in [1.29, 1.82) is 0 Å². The number of hydrogen-bond donors (Lipinski definition) is 2. The van der Waals surface area contributed by atoms with Crippen LogP contribution < -0.4 is 11.0 Å². The van der Waals surface area contributed by atoms with Gasteiger partial charge in [-0.2, -0.15) is 0 Å². The van der Waals surface area contributed by atoms with E-state index in [2.05, 4.69) is 10.3 Å². The smallest absolute Gasteiger partial charge is 0.311 e. The molecule has 78 valence electrons. The number of H-pyrrole nitrogens is 1. The number of rotatable bonds is 2. The highest BCUT2D eigenvalue weighted by atomic mass is 16.2. The third kappa shape index (κ3) is 1.57. The van der Waals surface area contributed by atoms with Gasteiger partial charge in [0.2, 0.25) is 5.91 Å². The summed E-state index contributed by atoms with van der Waals surface area (Å²) in [6.45, 7) is 0.141. The van der Waals surface area contributed by atoms with Crippen LogP contribution >= 0.6 is 0 Å². The lowest BCUT2D eigenvalue weighted by Crippen LogP contribution is -2.31. The summed E-state index contributed by atoms with van der Waals surface area (Å²) in [4.78, 5) is 25.8. The first-order valence-electron chi connectivity index (χ1n) is 4.61. The van der Waals surface area contributed by atoms with Gasteiger partial charge in [0, 0.05) is 0 Å². The van der Waals surface area contributed by atoms with Gasteiger partial charge in [0.05, 0.1) is 17.6 Å². The Balaban J connectivity index is 2.64. The fourth-order valence-electron chi connectivity index (χ4n) is 1.53. The predicted octanol–water partition coefficient (Wildman–Crippen LogP) is 0.189. The molecule has 5 nitrogen and oxygen atoms in total. The van der Waals surface area contributed by atoms with E-state index in [4.69, 9.17) is 0 Å². The number of likely N-dealkylation sites (N-methyl/N-ethyl adjacent to an activating group) is 1. The fraction of sp³-hybridized carbons (Fsp3) is 0.200. The molecule has 0 bridgehead atoms. The summed E-state index contributed by atoms with van der Waals surface area (Å²) in [5, 5.41) is 2.72. The lowest BCUT2D eigenvalue weighted by atomic mass is 10.3. The number of aromatic amines is 1. The Morgan fingerprint density at radius 2 is 2.20 bits per heavy atom. The van der Waals surface area contributed by atoms with Crippen LogP contribution in [0.25, 0.3) is 11.0 Å². The number of para-hydroxylation sites is 2. The molecule has 0 amide bonds. The maximum absolute atomic E-state index is 11.6. The second-order valence-corrected chi connectivity index (χ2v) is 3.21. The number of hydrogen-bond acceptors (Lipinski definition) is 3. The standard InChI is InChI=1S/C10H11N3O2/c1-11-6-9(14)13-8-5-3-2-4-7(8)12-10(13)15/h2-5,11H,6H2,1H3,(H,12,15). The SMILES string of the molecule is CNCC(=O)n1c(=O)[nH]c2ccccc21. The molecule has 0 saturated heterocycles. The van der Waals surface area contributed by atoms with Gasteiger partial charge in [0.15, 0.2) is 0 Å². The third-order valence-corrected chi connectivity index (χ3v) is 2.17. The normalized spacial score (nSPS) is 10.7. The lowest BCUT2D eigenvalue weighted by Gasteiger charge is -2.00. The van der Waals surface area contributed by atoms with E-state index in [0.29, 0.717) is 11.0 Å². The predicted molar refractivity (Wildman–Crippen MR) is 57.1 cm³/mol. The molecule has 1 heterocycles. The van der Waals surface area contributed by atoms with Crippen molar-refractivity contribution in [3.8, 4) is 0 Å². The van der Waals surface area contributed by atoms with Crippen molar-refractivity contribution >= 4 is 16.9 Å². The molecule has 0 saturated carbocycles. The number of aromatic nitrogens is 2. The number of carbonyl (C=O) groups excluding carboxylic acids is 1. The van der Waals surface area contributed by atoms with E-state index < -0.39 is 5.69 Å². The molecular weight excluding hydrogens is 194 g/mol. The maximum Gasteiger partial charge on any atom is 0.333 e. The minimum atomic E-state index is -0.392. The second kappa shape index (κ2) is 3.70. The fourth-order valence-corrected chi connectivity index (χ4v) is 1.53. The van der Waals surface area contributed by atoms with E-state index in [1.54, 1.807) is 25.2 Å². The molecule has 1 aromatic heterocycles. The molecule has 2 aromatic rings. The Hall–Kier alpha value is -1.88. The summed E-state index contributed by atoms with van der Waals surface area (Å²) >= 11 is 0. The summed E-state index contributed by atoms with van der Waals surface area (Å²) in [5.74, 6) is -0.264. The van der Waals surface area contributed by atoms with Crippen molar-refractivity contribution in [2.45, 2.75) is 0 Å². The van der Waals surface area contributed by atoms with Crippen LogP contribution in [0.5, 0.6) is 0 Å². The van der Waals surface area contributed by atoms with Crippen LogP contribution in [0.15, 0.2) is 29.1 Å². The van der Waals surface area contributed by atoms with E-state index >= 15 is 0 Å². The quantitative estimate of drug-likeness (QED) is 0.735. The molecule has 0 aliphatic heterocycles. The van der Waals surface area contributed by atoms with Gasteiger partial charge in [0.1, 0.15) is 0 Å². The molecule has 5 heteroatoms. The molecule has 0 aliphatic carbocycles. The molecule has 0 spiro atoms. The van der Waals surface area contributed by atoms with Gasteiger partial charge in [-0.1, -0.05) is 12.1 Å². The highest BCUT2D eigenvalue weighted by Crippen LogP contribution is 2.08. The van der Waals surface area contributed by atoms with E-state index in [-0.39, 0.29) is 12.5 Å². The van der Waals surface area contributed by atoms with E-state index in [1.807, 2.05) is 6.07 Å². The Morgan fingerprint density at radius 1 is 1.47 bits per heavy atom. The average Bonchev–Trinajstić information content (AvgIpc) is 2.54. The van der Waals surface area contributed by atoms with Crippen molar-refractivity contribution in [3.63, 3.8) is 0 Å². The average molecular weight is 205 g/mol. The third-order valence-electron chi connectivity index (χ3n) is 2.17. The summed E-state index contributed by atoms with van der Waals surface area (Å²) in [5.41, 5.74) is 0.895. The van der Waals surface area contributed by atoms with Gasteiger partial charge in [-0.25, -0.2) is 9.36 Å². The van der Waals surface area contributed by atoms with Crippen molar-refractivity contribution in [3.05, 3.63) is 34.7 Å². The minimum Gasteiger partial charge on any atom is -0.311 e. The molecular formula is C10H11N3O2. The number of carbonyl (C=O) groups is 1. The van der Waals surface area contributed by atoms with Gasteiger partial charge in [-0.3, -0.25) is 4.79 Å². The maximum atomic E-state index is 11.6. The molecule has 0 aliphatic rings. The monoisotopic (exact) mass is 205 g/mol. The zero-order valence-corrected chi connectivity index (χ0v) is 8.28. The van der Waals surface area contributed by atoms with Crippen molar-refractivity contribution < 1.29 is 4.79 Å². The van der Waals surface area contributed by atoms with E-state index in [9.17, 15) is 9.59 Å². The van der Waals surface area contributed by atoms with Gasteiger partial charge in [-0.15, -0.1) is 0 Å². The lowest BCUT2D eigenvalue weighted by molar-refractivity contribution is 0.0916. The highest BCUT2D eigenvalue weighted by Gasteiger charge is 2.11. The van der Waals surface area contributed by atoms with Crippen LogP contribution in [0.3, 0.4) is 0 Å². The van der Waals surface area contributed by atoms with Crippen molar-refractivity contribution in [2.75, 3.05) is 13.6 Å². The largest absolute Gasteiger partial charge is 0.333 e. The zero-order chi connectivity index (χ0) is 10.8. The molecule has 0 unspecified atom stereocenters. The molecule has 1 aromatic carbocycles. The second-order valence-electron chi connectivity index (χ2n) is 3.21. The van der Waals surface area contributed by atoms with Gasteiger partial charge >= 0.3 is 5.69 Å². The van der Waals surface area contributed by atoms with Gasteiger partial charge < -0.3 is 10.3 Å².